The molecule has 0 amide bonds. The van der Waals surface area contributed by atoms with Crippen molar-refractivity contribution >= 4 is 5.97 Å². The minimum atomic E-state index is -4.67. The van der Waals surface area contributed by atoms with Crippen LogP contribution in [0.4, 0.5) is 13.2 Å². The Morgan fingerprint density at radius 2 is 1.91 bits per heavy atom. The van der Waals surface area contributed by atoms with Crippen LogP contribution in [-0.2, 0) is 12.8 Å². The molecular formula is C16H14F3NO3. The van der Waals surface area contributed by atoms with Crippen molar-refractivity contribution in [1.82, 2.24) is 4.98 Å². The van der Waals surface area contributed by atoms with Crippen LogP contribution in [0, 0.1) is 13.8 Å². The second-order valence-electron chi connectivity index (χ2n) is 5.00. The summed E-state index contributed by atoms with van der Waals surface area (Å²) in [6.45, 7) is 2.89. The summed E-state index contributed by atoms with van der Waals surface area (Å²) in [5, 5.41) is 9.11. The molecule has 0 aliphatic heterocycles. The molecule has 1 aromatic carbocycles. The van der Waals surface area contributed by atoms with Crippen molar-refractivity contribution in [2.75, 3.05) is 0 Å². The maximum atomic E-state index is 13.1. The second-order valence-corrected chi connectivity index (χ2v) is 5.00. The predicted molar refractivity (Wildman–Crippen MR) is 76.4 cm³/mol. The van der Waals surface area contributed by atoms with Crippen molar-refractivity contribution in [2.24, 2.45) is 0 Å². The third-order valence-electron chi connectivity index (χ3n) is 3.25. The number of halogens is 3. The number of rotatable bonds is 4. The van der Waals surface area contributed by atoms with Crippen LogP contribution >= 0.6 is 0 Å². The number of benzene rings is 1. The third kappa shape index (κ3) is 3.80. The van der Waals surface area contributed by atoms with Gasteiger partial charge in [0, 0.05) is 16.8 Å². The van der Waals surface area contributed by atoms with Gasteiger partial charge in [0.1, 0.15) is 6.61 Å². The van der Waals surface area contributed by atoms with Crippen molar-refractivity contribution in [3.8, 4) is 5.88 Å². The number of alkyl halides is 3. The highest BCUT2D eigenvalue weighted by molar-refractivity contribution is 5.89. The molecular weight excluding hydrogens is 311 g/mol. The number of aromatic nitrogens is 1. The van der Waals surface area contributed by atoms with Gasteiger partial charge in [0.05, 0.1) is 11.1 Å². The van der Waals surface area contributed by atoms with Gasteiger partial charge in [0.25, 0.3) is 0 Å². The fraction of sp³-hybridized carbons (Fsp3) is 0.250. The molecule has 0 aliphatic carbocycles. The zero-order chi connectivity index (χ0) is 17.2. The van der Waals surface area contributed by atoms with Crippen LogP contribution < -0.4 is 4.74 Å². The number of hydrogen-bond acceptors (Lipinski definition) is 3. The van der Waals surface area contributed by atoms with Crippen LogP contribution in [0.1, 0.15) is 32.7 Å². The van der Waals surface area contributed by atoms with E-state index in [0.29, 0.717) is 11.3 Å². The summed E-state index contributed by atoms with van der Waals surface area (Å²) in [5.74, 6) is -1.26. The average molecular weight is 325 g/mol. The topological polar surface area (TPSA) is 59.4 Å². The largest absolute Gasteiger partial charge is 0.478 e. The fourth-order valence-corrected chi connectivity index (χ4v) is 2.10. The van der Waals surface area contributed by atoms with Crippen molar-refractivity contribution in [2.45, 2.75) is 26.6 Å². The summed E-state index contributed by atoms with van der Waals surface area (Å²) >= 11 is 0. The van der Waals surface area contributed by atoms with E-state index in [1.165, 1.54) is 0 Å². The van der Waals surface area contributed by atoms with Gasteiger partial charge in [-0.15, -0.1) is 0 Å². The van der Waals surface area contributed by atoms with E-state index in [1.54, 1.807) is 26.0 Å². The quantitative estimate of drug-likeness (QED) is 0.923. The monoisotopic (exact) mass is 325 g/mol. The molecule has 0 radical (unpaired) electrons. The number of aryl methyl sites for hydroxylation is 2. The first-order valence-corrected chi connectivity index (χ1v) is 6.69. The first-order chi connectivity index (χ1) is 10.7. The Labute approximate surface area is 130 Å². The lowest BCUT2D eigenvalue weighted by atomic mass is 10.0. The van der Waals surface area contributed by atoms with E-state index in [-0.39, 0.29) is 5.88 Å². The fourth-order valence-electron chi connectivity index (χ4n) is 2.10. The third-order valence-corrected chi connectivity index (χ3v) is 3.25. The molecule has 0 saturated carbocycles. The second kappa shape index (κ2) is 6.28. The summed E-state index contributed by atoms with van der Waals surface area (Å²) in [7, 11) is 0. The molecule has 0 atom stereocenters. The zero-order valence-corrected chi connectivity index (χ0v) is 12.4. The Hall–Kier alpha value is -2.57. The standard InChI is InChI=1S/C16H14F3NO3/c1-9-6-7-10(2)20-14(9)23-8-12-11(15(21)22)4-3-5-13(12)16(17,18)19/h3-7H,8H2,1-2H3,(H,21,22). The number of nitrogens with zero attached hydrogens (tertiary/aromatic N) is 1. The summed E-state index contributed by atoms with van der Waals surface area (Å²) < 4.78 is 44.6. The molecule has 0 unspecified atom stereocenters. The van der Waals surface area contributed by atoms with Crippen LogP contribution in [-0.4, -0.2) is 16.1 Å². The van der Waals surface area contributed by atoms with Crippen molar-refractivity contribution in [1.29, 1.82) is 0 Å². The molecule has 7 heteroatoms. The van der Waals surface area contributed by atoms with E-state index in [0.717, 1.165) is 18.2 Å². The first-order valence-electron chi connectivity index (χ1n) is 6.69. The molecule has 1 N–H and O–H groups in total. The summed E-state index contributed by atoms with van der Waals surface area (Å²) in [6, 6.07) is 6.49. The van der Waals surface area contributed by atoms with Crippen molar-refractivity contribution in [3.05, 3.63) is 58.3 Å². The van der Waals surface area contributed by atoms with Crippen LogP contribution in [0.5, 0.6) is 5.88 Å². The molecule has 4 nitrogen and oxygen atoms in total. The van der Waals surface area contributed by atoms with Gasteiger partial charge in [0.15, 0.2) is 0 Å². The van der Waals surface area contributed by atoms with Crippen LogP contribution in [0.2, 0.25) is 0 Å². The highest BCUT2D eigenvalue weighted by Crippen LogP contribution is 2.34. The Morgan fingerprint density at radius 1 is 1.22 bits per heavy atom. The van der Waals surface area contributed by atoms with Crippen molar-refractivity contribution < 1.29 is 27.8 Å². The van der Waals surface area contributed by atoms with Crippen LogP contribution in [0.3, 0.4) is 0 Å². The van der Waals surface area contributed by atoms with Crippen molar-refractivity contribution in [3.63, 3.8) is 0 Å². The lowest BCUT2D eigenvalue weighted by Gasteiger charge is -2.16. The van der Waals surface area contributed by atoms with Gasteiger partial charge in [0.2, 0.25) is 5.88 Å². The number of aromatic carboxylic acids is 1. The van der Waals surface area contributed by atoms with Gasteiger partial charge in [-0.1, -0.05) is 12.1 Å². The molecule has 0 bridgehead atoms. The highest BCUT2D eigenvalue weighted by Gasteiger charge is 2.35. The number of carbonyl (C=O) groups is 1. The van der Waals surface area contributed by atoms with Crippen LogP contribution in [0.25, 0.3) is 0 Å². The lowest BCUT2D eigenvalue weighted by Crippen LogP contribution is -2.16. The normalized spacial score (nSPS) is 11.3. The van der Waals surface area contributed by atoms with E-state index in [9.17, 15) is 18.0 Å². The SMILES string of the molecule is Cc1ccc(C)c(OCc2c(C(=O)O)cccc2C(F)(F)F)n1. The number of carboxylic acid groups (broad SMARTS) is 1. The molecule has 0 fully saturated rings. The van der Waals surface area contributed by atoms with Crippen LogP contribution in [0.15, 0.2) is 30.3 Å². The predicted octanol–water partition coefficient (Wildman–Crippen LogP) is 3.99. The Bertz CT molecular complexity index is 742. The Morgan fingerprint density at radius 3 is 2.52 bits per heavy atom. The van der Waals surface area contributed by atoms with E-state index in [1.807, 2.05) is 0 Å². The van der Waals surface area contributed by atoms with Gasteiger partial charge < -0.3 is 9.84 Å². The smallest absolute Gasteiger partial charge is 0.416 e. The number of ether oxygens (including phenoxy) is 1. The average Bonchev–Trinajstić information content (AvgIpc) is 2.46. The minimum Gasteiger partial charge on any atom is -0.478 e. The molecule has 0 saturated heterocycles. The van der Waals surface area contributed by atoms with E-state index in [2.05, 4.69) is 4.98 Å². The van der Waals surface area contributed by atoms with Gasteiger partial charge in [-0.3, -0.25) is 0 Å². The molecule has 2 aromatic rings. The Kier molecular flexibility index (Phi) is 4.58. The summed E-state index contributed by atoms with van der Waals surface area (Å²) in [6.07, 6.45) is -4.67. The minimum absolute atomic E-state index is 0.179. The maximum absolute atomic E-state index is 13.1. The molecule has 0 aliphatic rings. The van der Waals surface area contributed by atoms with Gasteiger partial charge in [-0.05, 0) is 32.0 Å². The Balaban J connectivity index is 2.41. The first kappa shape index (κ1) is 16.8. The number of pyridine rings is 1. The van der Waals surface area contributed by atoms with E-state index >= 15 is 0 Å². The number of carboxylic acids is 1. The molecule has 1 aromatic heterocycles. The van der Waals surface area contributed by atoms with E-state index < -0.39 is 35.4 Å². The molecule has 2 rings (SSSR count). The number of hydrogen-bond donors (Lipinski definition) is 1. The zero-order valence-electron chi connectivity index (χ0n) is 12.4. The van der Waals surface area contributed by atoms with Gasteiger partial charge in [-0.2, -0.15) is 13.2 Å². The van der Waals surface area contributed by atoms with Gasteiger partial charge in [-0.25, -0.2) is 9.78 Å². The summed E-state index contributed by atoms with van der Waals surface area (Å²) in [5.41, 5.74) is -0.590. The van der Waals surface area contributed by atoms with Gasteiger partial charge >= 0.3 is 12.1 Å². The molecule has 23 heavy (non-hydrogen) atoms. The summed E-state index contributed by atoms with van der Waals surface area (Å²) in [4.78, 5) is 15.3. The lowest BCUT2D eigenvalue weighted by molar-refractivity contribution is -0.138. The van der Waals surface area contributed by atoms with E-state index in [4.69, 9.17) is 9.84 Å². The maximum Gasteiger partial charge on any atom is 0.416 e. The molecule has 0 spiro atoms. The molecule has 1 heterocycles. The molecule has 122 valence electrons. The highest BCUT2D eigenvalue weighted by atomic mass is 19.4.